The van der Waals surface area contributed by atoms with Crippen molar-refractivity contribution in [1.29, 1.82) is 0 Å². The highest BCUT2D eigenvalue weighted by atomic mass is 15.1. The van der Waals surface area contributed by atoms with Gasteiger partial charge in [0.25, 0.3) is 0 Å². The molecular formula is C34H71N. The second kappa shape index (κ2) is 22.0. The Morgan fingerprint density at radius 2 is 0.629 bits per heavy atom. The molecule has 1 nitrogen and oxygen atoms in total. The van der Waals surface area contributed by atoms with Gasteiger partial charge in [0.2, 0.25) is 0 Å². The second-order valence-corrected chi connectivity index (χ2v) is 14.1. The van der Waals surface area contributed by atoms with E-state index in [1.54, 1.807) is 0 Å². The van der Waals surface area contributed by atoms with Gasteiger partial charge in [0, 0.05) is 6.04 Å². The van der Waals surface area contributed by atoms with Gasteiger partial charge >= 0.3 is 0 Å². The Hall–Kier alpha value is -0.0400. The van der Waals surface area contributed by atoms with Gasteiger partial charge in [-0.15, -0.1) is 0 Å². The van der Waals surface area contributed by atoms with Gasteiger partial charge in [-0.3, -0.25) is 0 Å². The quantitative estimate of drug-likeness (QED) is 0.129. The molecule has 0 aliphatic heterocycles. The molecule has 0 amide bonds. The zero-order valence-corrected chi connectivity index (χ0v) is 26.5. The summed E-state index contributed by atoms with van der Waals surface area (Å²) in [6, 6.07) is 0.778. The van der Waals surface area contributed by atoms with Crippen LogP contribution in [0.25, 0.3) is 0 Å². The van der Waals surface area contributed by atoms with Gasteiger partial charge in [0.05, 0.1) is 0 Å². The fourth-order valence-corrected chi connectivity index (χ4v) is 5.80. The van der Waals surface area contributed by atoms with Crippen molar-refractivity contribution in [3.63, 3.8) is 0 Å². The maximum atomic E-state index is 2.51. The highest BCUT2D eigenvalue weighted by Gasteiger charge is 2.15. The highest BCUT2D eigenvalue weighted by molar-refractivity contribution is 4.70. The maximum Gasteiger partial charge on any atom is 0.00892 e. The monoisotopic (exact) mass is 494 g/mol. The SMILES string of the molecule is CC(C)CCCC(C)CCCC(C)CCCC(CCC(C)CCCC(C)CCCC(C)C)N(C)C. The average molecular weight is 494 g/mol. The highest BCUT2D eigenvalue weighted by Crippen LogP contribution is 2.25. The summed E-state index contributed by atoms with van der Waals surface area (Å²) in [5.74, 6) is 5.38. The van der Waals surface area contributed by atoms with Crippen molar-refractivity contribution < 1.29 is 0 Å². The molecule has 0 aliphatic carbocycles. The summed E-state index contributed by atoms with van der Waals surface area (Å²) < 4.78 is 0. The predicted octanol–water partition coefficient (Wildman–Crippen LogP) is 11.4. The standard InChI is InChI=1S/C34H71N/c1-28(2)16-11-18-30(5)20-13-21-32(7)24-15-25-34(35(9)10)27-26-33(8)23-14-22-31(6)19-12-17-29(3)4/h28-34H,11-27H2,1-10H3. The summed E-state index contributed by atoms with van der Waals surface area (Å²) in [6.45, 7) is 19.4. The molecule has 0 radical (unpaired) electrons. The first-order valence-corrected chi connectivity index (χ1v) is 16.2. The third-order valence-corrected chi connectivity index (χ3v) is 8.70. The van der Waals surface area contributed by atoms with E-state index in [-0.39, 0.29) is 0 Å². The summed E-state index contributed by atoms with van der Waals surface area (Å²) in [5, 5.41) is 0. The number of hydrogen-bond donors (Lipinski definition) is 0. The first-order valence-electron chi connectivity index (χ1n) is 16.2. The zero-order chi connectivity index (χ0) is 26.6. The van der Waals surface area contributed by atoms with E-state index < -0.39 is 0 Å². The van der Waals surface area contributed by atoms with Gasteiger partial charge < -0.3 is 4.90 Å². The lowest BCUT2D eigenvalue weighted by Crippen LogP contribution is -2.28. The number of rotatable bonds is 24. The van der Waals surface area contributed by atoms with Crippen LogP contribution in [0.5, 0.6) is 0 Å². The number of nitrogens with zero attached hydrogens (tertiary/aromatic N) is 1. The van der Waals surface area contributed by atoms with Crippen molar-refractivity contribution in [2.45, 2.75) is 171 Å². The molecule has 35 heavy (non-hydrogen) atoms. The van der Waals surface area contributed by atoms with Crippen LogP contribution in [0, 0.1) is 35.5 Å². The van der Waals surface area contributed by atoms with Crippen molar-refractivity contribution in [3.8, 4) is 0 Å². The van der Waals surface area contributed by atoms with Crippen LogP contribution in [-0.4, -0.2) is 25.0 Å². The largest absolute Gasteiger partial charge is 0.306 e. The lowest BCUT2D eigenvalue weighted by atomic mass is 9.89. The van der Waals surface area contributed by atoms with Crippen LogP contribution in [0.3, 0.4) is 0 Å². The van der Waals surface area contributed by atoms with Crippen molar-refractivity contribution in [2.75, 3.05) is 14.1 Å². The normalized spacial score (nSPS) is 16.7. The van der Waals surface area contributed by atoms with Crippen LogP contribution < -0.4 is 0 Å². The minimum absolute atomic E-state index is 0.778. The Labute approximate surface area is 225 Å². The van der Waals surface area contributed by atoms with Gasteiger partial charge in [-0.2, -0.15) is 0 Å². The molecule has 0 aromatic carbocycles. The van der Waals surface area contributed by atoms with E-state index in [9.17, 15) is 0 Å². The summed E-state index contributed by atoms with van der Waals surface area (Å²) >= 11 is 0. The number of hydrogen-bond acceptors (Lipinski definition) is 1. The van der Waals surface area contributed by atoms with Crippen molar-refractivity contribution >= 4 is 0 Å². The molecule has 0 fully saturated rings. The van der Waals surface area contributed by atoms with Gasteiger partial charge in [-0.05, 0) is 68.9 Å². The lowest BCUT2D eigenvalue weighted by Gasteiger charge is -2.26. The Balaban J connectivity index is 3.94. The molecule has 0 aromatic heterocycles. The van der Waals surface area contributed by atoms with Crippen molar-refractivity contribution in [1.82, 2.24) is 4.90 Å². The third kappa shape index (κ3) is 22.9. The van der Waals surface area contributed by atoms with E-state index in [2.05, 4.69) is 74.4 Å². The Kier molecular flexibility index (Phi) is 22.0. The minimum atomic E-state index is 0.778. The maximum absolute atomic E-state index is 2.51. The first-order chi connectivity index (χ1) is 16.5. The smallest absolute Gasteiger partial charge is 0.00892 e. The minimum Gasteiger partial charge on any atom is -0.306 e. The van der Waals surface area contributed by atoms with E-state index in [0.717, 1.165) is 41.5 Å². The molecule has 0 aromatic rings. The van der Waals surface area contributed by atoms with E-state index >= 15 is 0 Å². The van der Waals surface area contributed by atoms with E-state index in [4.69, 9.17) is 0 Å². The molecule has 0 saturated heterocycles. The van der Waals surface area contributed by atoms with Gasteiger partial charge in [0.15, 0.2) is 0 Å². The summed E-state index contributed by atoms with van der Waals surface area (Å²) in [7, 11) is 4.61. The van der Waals surface area contributed by atoms with Crippen molar-refractivity contribution in [3.05, 3.63) is 0 Å². The fourth-order valence-electron chi connectivity index (χ4n) is 5.80. The summed E-state index contributed by atoms with van der Waals surface area (Å²) in [4.78, 5) is 2.51. The zero-order valence-electron chi connectivity index (χ0n) is 26.5. The molecule has 0 N–H and O–H groups in total. The van der Waals surface area contributed by atoms with Gasteiger partial charge in [0.1, 0.15) is 0 Å². The fraction of sp³-hybridized carbons (Fsp3) is 1.00. The molecular weight excluding hydrogens is 422 g/mol. The summed E-state index contributed by atoms with van der Waals surface area (Å²) in [5.41, 5.74) is 0. The molecule has 5 unspecified atom stereocenters. The van der Waals surface area contributed by atoms with Gasteiger partial charge in [-0.25, -0.2) is 0 Å². The van der Waals surface area contributed by atoms with Crippen LogP contribution in [0.2, 0.25) is 0 Å². The van der Waals surface area contributed by atoms with Crippen LogP contribution in [-0.2, 0) is 0 Å². The second-order valence-electron chi connectivity index (χ2n) is 14.1. The lowest BCUT2D eigenvalue weighted by molar-refractivity contribution is 0.236. The molecule has 5 atom stereocenters. The molecule has 0 saturated carbocycles. The van der Waals surface area contributed by atoms with Crippen LogP contribution in [0.4, 0.5) is 0 Å². The molecule has 0 spiro atoms. The van der Waals surface area contributed by atoms with E-state index in [1.165, 1.54) is 109 Å². The topological polar surface area (TPSA) is 3.24 Å². The molecule has 0 rings (SSSR count). The van der Waals surface area contributed by atoms with Crippen molar-refractivity contribution in [2.24, 2.45) is 35.5 Å². The van der Waals surface area contributed by atoms with Crippen LogP contribution in [0.1, 0.15) is 165 Å². The van der Waals surface area contributed by atoms with E-state index in [0.29, 0.717) is 0 Å². The van der Waals surface area contributed by atoms with E-state index in [1.807, 2.05) is 0 Å². The summed E-state index contributed by atoms with van der Waals surface area (Å²) in [6.07, 6.45) is 24.2. The molecule has 212 valence electrons. The molecule has 1 heteroatoms. The van der Waals surface area contributed by atoms with Crippen LogP contribution in [0.15, 0.2) is 0 Å². The third-order valence-electron chi connectivity index (χ3n) is 8.70. The Morgan fingerprint density at radius 1 is 0.343 bits per heavy atom. The van der Waals surface area contributed by atoms with Crippen LogP contribution >= 0.6 is 0 Å². The molecule has 0 bridgehead atoms. The Morgan fingerprint density at radius 3 is 0.943 bits per heavy atom. The van der Waals surface area contributed by atoms with Gasteiger partial charge in [-0.1, -0.05) is 145 Å². The molecule has 0 aliphatic rings. The molecule has 0 heterocycles. The first kappa shape index (κ1) is 35.0. The Bertz CT molecular complexity index is 440. The predicted molar refractivity (Wildman–Crippen MR) is 162 cm³/mol. The average Bonchev–Trinajstić information content (AvgIpc) is 2.75.